The van der Waals surface area contributed by atoms with Crippen molar-refractivity contribution in [3.05, 3.63) is 57.5 Å². The van der Waals surface area contributed by atoms with Crippen molar-refractivity contribution >= 4 is 64.0 Å². The Morgan fingerprint density at radius 1 is 0.815 bits per heavy atom. The lowest BCUT2D eigenvalue weighted by molar-refractivity contribution is -0.147. The third-order valence-electron chi connectivity index (χ3n) is 3.27. The van der Waals surface area contributed by atoms with Crippen LogP contribution < -0.4 is 10.6 Å². The molecule has 0 saturated carbocycles. The van der Waals surface area contributed by atoms with Crippen molar-refractivity contribution in [2.45, 2.75) is 12.8 Å². The Morgan fingerprint density at radius 2 is 1.48 bits per heavy atom. The summed E-state index contributed by atoms with van der Waals surface area (Å²) in [6, 6.07) is 11.3. The summed E-state index contributed by atoms with van der Waals surface area (Å²) in [5.41, 5.74) is 0.804. The number of hydrogen-bond donors (Lipinski definition) is 2. The van der Waals surface area contributed by atoms with E-state index in [2.05, 4.69) is 10.6 Å². The van der Waals surface area contributed by atoms with Gasteiger partial charge in [0.1, 0.15) is 0 Å². The lowest BCUT2D eigenvalue weighted by Crippen LogP contribution is -2.22. The van der Waals surface area contributed by atoms with Crippen LogP contribution in [-0.2, 0) is 19.1 Å². The molecule has 2 N–H and O–H groups in total. The number of ether oxygens (including phenoxy) is 1. The minimum absolute atomic E-state index is 0.121. The first-order chi connectivity index (χ1) is 12.8. The molecule has 0 aliphatic heterocycles. The number of para-hydroxylation sites is 1. The fraction of sp³-hybridized carbons (Fsp3) is 0.167. The average molecular weight is 430 g/mol. The maximum absolute atomic E-state index is 11.9. The molecule has 142 valence electrons. The lowest BCUT2D eigenvalue weighted by Gasteiger charge is -2.09. The average Bonchev–Trinajstić information content (AvgIpc) is 2.62. The van der Waals surface area contributed by atoms with Crippen molar-refractivity contribution < 1.29 is 19.1 Å². The zero-order chi connectivity index (χ0) is 19.8. The summed E-state index contributed by atoms with van der Waals surface area (Å²) >= 11 is 17.6. The minimum Gasteiger partial charge on any atom is -0.456 e. The molecule has 0 saturated heterocycles. The number of amides is 2. The number of hydrogen-bond acceptors (Lipinski definition) is 4. The van der Waals surface area contributed by atoms with E-state index in [9.17, 15) is 14.4 Å². The highest BCUT2D eigenvalue weighted by Crippen LogP contribution is 2.25. The Morgan fingerprint density at radius 3 is 2.19 bits per heavy atom. The SMILES string of the molecule is O=C(CCC(=O)OCC(=O)Nc1ccccc1Cl)Nc1ccc(Cl)cc1Cl. The molecule has 0 fully saturated rings. The highest BCUT2D eigenvalue weighted by molar-refractivity contribution is 6.36. The van der Waals surface area contributed by atoms with Crippen molar-refractivity contribution in [1.29, 1.82) is 0 Å². The number of carbonyl (C=O) groups is 3. The largest absolute Gasteiger partial charge is 0.456 e. The van der Waals surface area contributed by atoms with Gasteiger partial charge in [-0.1, -0.05) is 46.9 Å². The van der Waals surface area contributed by atoms with Gasteiger partial charge in [0.25, 0.3) is 5.91 Å². The normalized spacial score (nSPS) is 10.2. The molecule has 0 spiro atoms. The van der Waals surface area contributed by atoms with Crippen molar-refractivity contribution in [3.8, 4) is 0 Å². The van der Waals surface area contributed by atoms with Crippen LogP contribution in [-0.4, -0.2) is 24.4 Å². The van der Waals surface area contributed by atoms with Crippen LogP contribution in [0.2, 0.25) is 15.1 Å². The number of anilines is 2. The van der Waals surface area contributed by atoms with E-state index < -0.39 is 24.4 Å². The Bertz CT molecular complexity index is 858. The second kappa shape index (κ2) is 10.2. The molecule has 27 heavy (non-hydrogen) atoms. The third-order valence-corrected chi connectivity index (χ3v) is 4.15. The summed E-state index contributed by atoms with van der Waals surface area (Å²) in [5, 5.41) is 6.18. The Hall–Kier alpha value is -2.28. The van der Waals surface area contributed by atoms with E-state index in [-0.39, 0.29) is 17.9 Å². The van der Waals surface area contributed by atoms with Crippen molar-refractivity contribution in [2.24, 2.45) is 0 Å². The molecule has 9 heteroatoms. The summed E-state index contributed by atoms with van der Waals surface area (Å²) in [6.45, 7) is -0.477. The van der Waals surface area contributed by atoms with Crippen LogP contribution in [0.1, 0.15) is 12.8 Å². The van der Waals surface area contributed by atoms with Crippen LogP contribution in [0.15, 0.2) is 42.5 Å². The Kier molecular flexibility index (Phi) is 7.91. The van der Waals surface area contributed by atoms with E-state index in [4.69, 9.17) is 39.5 Å². The molecule has 0 atom stereocenters. The monoisotopic (exact) mass is 428 g/mol. The van der Waals surface area contributed by atoms with Crippen LogP contribution >= 0.6 is 34.8 Å². The second-order valence-corrected chi connectivity index (χ2v) is 6.61. The predicted octanol–water partition coefficient (Wildman–Crippen LogP) is 4.55. The van der Waals surface area contributed by atoms with E-state index in [1.165, 1.54) is 6.07 Å². The molecule has 0 aromatic heterocycles. The smallest absolute Gasteiger partial charge is 0.306 e. The first kappa shape index (κ1) is 21.0. The van der Waals surface area contributed by atoms with Crippen molar-refractivity contribution in [2.75, 3.05) is 17.2 Å². The van der Waals surface area contributed by atoms with Gasteiger partial charge in [0.2, 0.25) is 5.91 Å². The van der Waals surface area contributed by atoms with Crippen LogP contribution in [0.5, 0.6) is 0 Å². The lowest BCUT2D eigenvalue weighted by atomic mass is 10.2. The number of esters is 1. The van der Waals surface area contributed by atoms with Gasteiger partial charge in [0.05, 0.1) is 27.8 Å². The van der Waals surface area contributed by atoms with Gasteiger partial charge in [-0.15, -0.1) is 0 Å². The summed E-state index contributed by atoms with van der Waals surface area (Å²) in [5.74, 6) is -1.63. The zero-order valence-corrected chi connectivity index (χ0v) is 16.2. The van der Waals surface area contributed by atoms with Gasteiger partial charge in [-0.3, -0.25) is 14.4 Å². The molecule has 2 aromatic rings. The second-order valence-electron chi connectivity index (χ2n) is 5.36. The molecule has 2 aromatic carbocycles. The third kappa shape index (κ3) is 7.09. The van der Waals surface area contributed by atoms with Gasteiger partial charge in [0, 0.05) is 11.4 Å². The summed E-state index contributed by atoms with van der Waals surface area (Å²) < 4.78 is 4.84. The fourth-order valence-corrected chi connectivity index (χ4v) is 2.62. The van der Waals surface area contributed by atoms with E-state index in [1.807, 2.05) is 0 Å². The highest BCUT2D eigenvalue weighted by atomic mass is 35.5. The van der Waals surface area contributed by atoms with Gasteiger partial charge in [0.15, 0.2) is 6.61 Å². The topological polar surface area (TPSA) is 84.5 Å². The van der Waals surface area contributed by atoms with E-state index in [0.29, 0.717) is 21.4 Å². The van der Waals surface area contributed by atoms with Gasteiger partial charge in [-0.05, 0) is 30.3 Å². The van der Waals surface area contributed by atoms with Crippen LogP contribution in [0.25, 0.3) is 0 Å². The number of halogens is 3. The molecule has 0 heterocycles. The number of benzene rings is 2. The van der Waals surface area contributed by atoms with Crippen LogP contribution in [0, 0.1) is 0 Å². The van der Waals surface area contributed by atoms with Crippen molar-refractivity contribution in [3.63, 3.8) is 0 Å². The molecule has 0 aliphatic rings. The Balaban J connectivity index is 1.71. The minimum atomic E-state index is -0.679. The summed E-state index contributed by atoms with van der Waals surface area (Å²) in [4.78, 5) is 35.3. The van der Waals surface area contributed by atoms with E-state index in [0.717, 1.165) is 0 Å². The van der Waals surface area contributed by atoms with Crippen LogP contribution in [0.3, 0.4) is 0 Å². The molecule has 6 nitrogen and oxygen atoms in total. The number of rotatable bonds is 7. The predicted molar refractivity (Wildman–Crippen MR) is 105 cm³/mol. The quantitative estimate of drug-likeness (QED) is 0.633. The van der Waals surface area contributed by atoms with Gasteiger partial charge < -0.3 is 15.4 Å². The number of nitrogens with one attached hydrogen (secondary N) is 2. The van der Waals surface area contributed by atoms with E-state index in [1.54, 1.807) is 36.4 Å². The first-order valence-corrected chi connectivity index (χ1v) is 8.93. The molecular weight excluding hydrogens is 415 g/mol. The molecule has 0 unspecified atom stereocenters. The fourth-order valence-electron chi connectivity index (χ4n) is 1.99. The van der Waals surface area contributed by atoms with Gasteiger partial charge >= 0.3 is 5.97 Å². The first-order valence-electron chi connectivity index (χ1n) is 7.80. The Labute approximate surface area is 170 Å². The van der Waals surface area contributed by atoms with E-state index >= 15 is 0 Å². The molecular formula is C18H15Cl3N2O4. The van der Waals surface area contributed by atoms with Gasteiger partial charge in [-0.2, -0.15) is 0 Å². The standard InChI is InChI=1S/C18H15Cl3N2O4/c19-11-5-6-15(13(21)9-11)22-16(24)7-8-18(26)27-10-17(25)23-14-4-2-1-3-12(14)20/h1-6,9H,7-8,10H2,(H,22,24)(H,23,25). The zero-order valence-electron chi connectivity index (χ0n) is 13.9. The van der Waals surface area contributed by atoms with Crippen LogP contribution in [0.4, 0.5) is 11.4 Å². The van der Waals surface area contributed by atoms with Crippen molar-refractivity contribution in [1.82, 2.24) is 0 Å². The van der Waals surface area contributed by atoms with Gasteiger partial charge in [-0.25, -0.2) is 0 Å². The molecule has 2 amide bonds. The number of carbonyl (C=O) groups excluding carboxylic acids is 3. The molecule has 0 radical (unpaired) electrons. The maximum Gasteiger partial charge on any atom is 0.306 e. The summed E-state index contributed by atoms with van der Waals surface area (Å²) in [7, 11) is 0. The highest BCUT2D eigenvalue weighted by Gasteiger charge is 2.12. The maximum atomic E-state index is 11.9. The molecule has 0 aliphatic carbocycles. The summed E-state index contributed by atoms with van der Waals surface area (Å²) in [6.07, 6.45) is -0.305. The molecule has 2 rings (SSSR count). The molecule has 0 bridgehead atoms.